The van der Waals surface area contributed by atoms with E-state index < -0.39 is 0 Å². The van der Waals surface area contributed by atoms with E-state index in [-0.39, 0.29) is 17.6 Å². The molecule has 3 aromatic rings. The molecule has 0 unspecified atom stereocenters. The molecular formula is C18H20N6O2S. The summed E-state index contributed by atoms with van der Waals surface area (Å²) in [6.45, 7) is 3.83. The summed E-state index contributed by atoms with van der Waals surface area (Å²) in [7, 11) is 3.39. The Hall–Kier alpha value is -2.94. The van der Waals surface area contributed by atoms with Crippen LogP contribution < -0.4 is 5.32 Å². The molecule has 27 heavy (non-hydrogen) atoms. The number of carbonyl (C=O) groups excluding carboxylic acids is 2. The van der Waals surface area contributed by atoms with Gasteiger partial charge in [0, 0.05) is 36.7 Å². The number of carbonyl (C=O) groups is 2. The van der Waals surface area contributed by atoms with E-state index in [0.717, 1.165) is 11.4 Å². The molecule has 0 spiro atoms. The molecule has 0 fully saturated rings. The topological polar surface area (TPSA) is 92.5 Å². The lowest BCUT2D eigenvalue weighted by molar-refractivity contribution is -0.113. The zero-order chi connectivity index (χ0) is 19.6. The molecule has 3 rings (SSSR count). The number of benzene rings is 1. The summed E-state index contributed by atoms with van der Waals surface area (Å²) < 4.78 is 1.66. The van der Waals surface area contributed by atoms with E-state index in [2.05, 4.69) is 20.4 Å². The molecular weight excluding hydrogens is 364 g/mol. The molecule has 0 radical (unpaired) electrons. The standard InChI is InChI=1S/C18H20N6O2S/c1-11-9-12(2)24-17(19-11)21-18(22-24)27-10-15(25)20-14-7-5-13(6-8-14)16(26)23(3)4/h5-9H,10H2,1-4H3,(H,20,25). The molecule has 1 N–H and O–H groups in total. The fourth-order valence-corrected chi connectivity index (χ4v) is 3.11. The lowest BCUT2D eigenvalue weighted by atomic mass is 10.2. The number of hydrogen-bond acceptors (Lipinski definition) is 6. The maximum Gasteiger partial charge on any atom is 0.253 e. The van der Waals surface area contributed by atoms with Crippen LogP contribution in [0.5, 0.6) is 0 Å². The second-order valence-electron chi connectivity index (χ2n) is 6.26. The summed E-state index contributed by atoms with van der Waals surface area (Å²) in [5, 5.41) is 7.66. The number of thioether (sulfide) groups is 1. The first-order valence-electron chi connectivity index (χ1n) is 8.29. The van der Waals surface area contributed by atoms with Gasteiger partial charge < -0.3 is 10.2 Å². The van der Waals surface area contributed by atoms with Crippen molar-refractivity contribution in [2.45, 2.75) is 19.0 Å². The predicted octanol–water partition coefficient (Wildman–Crippen LogP) is 2.17. The summed E-state index contributed by atoms with van der Waals surface area (Å²) in [4.78, 5) is 34.2. The van der Waals surface area contributed by atoms with E-state index in [9.17, 15) is 9.59 Å². The monoisotopic (exact) mass is 384 g/mol. The van der Waals surface area contributed by atoms with Gasteiger partial charge in [-0.1, -0.05) is 11.8 Å². The normalized spacial score (nSPS) is 10.8. The Kier molecular flexibility index (Phi) is 5.41. The van der Waals surface area contributed by atoms with Crippen LogP contribution >= 0.6 is 11.8 Å². The van der Waals surface area contributed by atoms with Crippen LogP contribution in [0, 0.1) is 13.8 Å². The molecule has 2 amide bonds. The van der Waals surface area contributed by atoms with Crippen molar-refractivity contribution in [2.75, 3.05) is 25.2 Å². The first-order valence-corrected chi connectivity index (χ1v) is 9.27. The average Bonchev–Trinajstić information content (AvgIpc) is 3.03. The summed E-state index contributed by atoms with van der Waals surface area (Å²) in [6, 6.07) is 8.71. The molecule has 0 aliphatic heterocycles. The van der Waals surface area contributed by atoms with Gasteiger partial charge in [-0.25, -0.2) is 9.50 Å². The molecule has 2 aromatic heterocycles. The molecule has 0 bridgehead atoms. The third-order valence-electron chi connectivity index (χ3n) is 3.75. The van der Waals surface area contributed by atoms with Crippen molar-refractivity contribution in [3.63, 3.8) is 0 Å². The second kappa shape index (κ2) is 7.75. The van der Waals surface area contributed by atoms with Crippen LogP contribution in [0.4, 0.5) is 5.69 Å². The molecule has 8 nitrogen and oxygen atoms in total. The molecule has 0 saturated heterocycles. The number of fused-ring (bicyclic) bond motifs is 1. The summed E-state index contributed by atoms with van der Waals surface area (Å²) in [5.74, 6) is 0.441. The average molecular weight is 384 g/mol. The number of nitrogens with zero attached hydrogens (tertiary/aromatic N) is 5. The quantitative estimate of drug-likeness (QED) is 0.678. The van der Waals surface area contributed by atoms with Gasteiger partial charge in [0.2, 0.25) is 11.1 Å². The summed E-state index contributed by atoms with van der Waals surface area (Å²) >= 11 is 1.24. The first-order chi connectivity index (χ1) is 12.8. The van der Waals surface area contributed by atoms with Gasteiger partial charge in [0.15, 0.2) is 0 Å². The summed E-state index contributed by atoms with van der Waals surface area (Å²) in [5.41, 5.74) is 3.01. The Morgan fingerprint density at radius 3 is 2.52 bits per heavy atom. The van der Waals surface area contributed by atoms with Gasteiger partial charge in [0.1, 0.15) is 0 Å². The fraction of sp³-hybridized carbons (Fsp3) is 0.278. The Labute approximate surface area is 161 Å². The lowest BCUT2D eigenvalue weighted by Gasteiger charge is -2.10. The van der Waals surface area contributed by atoms with Gasteiger partial charge in [0.05, 0.1) is 5.75 Å². The van der Waals surface area contributed by atoms with Gasteiger partial charge in [-0.3, -0.25) is 9.59 Å². The maximum absolute atomic E-state index is 12.2. The number of hydrogen-bond donors (Lipinski definition) is 1. The minimum Gasteiger partial charge on any atom is -0.345 e. The Bertz CT molecular complexity index is 997. The zero-order valence-corrected chi connectivity index (χ0v) is 16.4. The van der Waals surface area contributed by atoms with Crippen molar-refractivity contribution in [3.05, 3.63) is 47.3 Å². The summed E-state index contributed by atoms with van der Waals surface area (Å²) in [6.07, 6.45) is 0. The molecule has 9 heteroatoms. The molecule has 2 heterocycles. The van der Waals surface area contributed by atoms with Crippen LogP contribution in [0.1, 0.15) is 21.7 Å². The highest BCUT2D eigenvalue weighted by Gasteiger charge is 2.12. The van der Waals surface area contributed by atoms with Gasteiger partial charge in [-0.05, 0) is 44.2 Å². The van der Waals surface area contributed by atoms with Crippen LogP contribution in [0.2, 0.25) is 0 Å². The minimum absolute atomic E-state index is 0.0829. The van der Waals surface area contributed by atoms with E-state index in [1.54, 1.807) is 42.9 Å². The fourth-order valence-electron chi connectivity index (χ4n) is 2.49. The zero-order valence-electron chi connectivity index (χ0n) is 15.6. The highest BCUT2D eigenvalue weighted by molar-refractivity contribution is 7.99. The Morgan fingerprint density at radius 2 is 1.85 bits per heavy atom. The molecule has 0 aliphatic carbocycles. The van der Waals surface area contributed by atoms with Crippen LogP contribution in [-0.4, -0.2) is 56.1 Å². The molecule has 0 saturated carbocycles. The van der Waals surface area contributed by atoms with E-state index in [0.29, 0.717) is 22.2 Å². The molecule has 0 atom stereocenters. The molecule has 1 aromatic carbocycles. The molecule has 140 valence electrons. The SMILES string of the molecule is Cc1cc(C)n2nc(SCC(=O)Nc3ccc(C(=O)N(C)C)cc3)nc2n1. The van der Waals surface area contributed by atoms with Crippen molar-refractivity contribution in [3.8, 4) is 0 Å². The van der Waals surface area contributed by atoms with Crippen molar-refractivity contribution < 1.29 is 9.59 Å². The van der Waals surface area contributed by atoms with Crippen molar-refractivity contribution >= 4 is 35.0 Å². The highest BCUT2D eigenvalue weighted by Crippen LogP contribution is 2.16. The third kappa shape index (κ3) is 4.43. The Morgan fingerprint density at radius 1 is 1.15 bits per heavy atom. The maximum atomic E-state index is 12.2. The number of rotatable bonds is 5. The first kappa shape index (κ1) is 18.8. The van der Waals surface area contributed by atoms with Crippen LogP contribution in [0.25, 0.3) is 5.78 Å². The number of anilines is 1. The number of amides is 2. The number of aryl methyl sites for hydroxylation is 2. The van der Waals surface area contributed by atoms with E-state index in [1.165, 1.54) is 16.7 Å². The second-order valence-corrected chi connectivity index (χ2v) is 7.20. The van der Waals surface area contributed by atoms with Crippen molar-refractivity contribution in [1.82, 2.24) is 24.5 Å². The van der Waals surface area contributed by atoms with Gasteiger partial charge in [0.25, 0.3) is 11.7 Å². The predicted molar refractivity (Wildman–Crippen MR) is 104 cm³/mol. The van der Waals surface area contributed by atoms with Crippen molar-refractivity contribution in [1.29, 1.82) is 0 Å². The molecule has 0 aliphatic rings. The van der Waals surface area contributed by atoms with E-state index >= 15 is 0 Å². The van der Waals surface area contributed by atoms with Crippen molar-refractivity contribution in [2.24, 2.45) is 0 Å². The van der Waals surface area contributed by atoms with Gasteiger partial charge in [-0.2, -0.15) is 4.98 Å². The highest BCUT2D eigenvalue weighted by atomic mass is 32.2. The number of nitrogens with one attached hydrogen (secondary N) is 1. The van der Waals surface area contributed by atoms with Gasteiger partial charge >= 0.3 is 0 Å². The van der Waals surface area contributed by atoms with E-state index in [4.69, 9.17) is 0 Å². The largest absolute Gasteiger partial charge is 0.345 e. The lowest BCUT2D eigenvalue weighted by Crippen LogP contribution is -2.21. The number of aromatic nitrogens is 4. The third-order valence-corrected chi connectivity index (χ3v) is 4.59. The smallest absolute Gasteiger partial charge is 0.253 e. The minimum atomic E-state index is -0.175. The van der Waals surface area contributed by atoms with Crippen LogP contribution in [-0.2, 0) is 4.79 Å². The Balaban J connectivity index is 1.60. The van der Waals surface area contributed by atoms with Crippen LogP contribution in [0.15, 0.2) is 35.5 Å². The van der Waals surface area contributed by atoms with Gasteiger partial charge in [-0.15, -0.1) is 5.10 Å². The van der Waals surface area contributed by atoms with E-state index in [1.807, 2.05) is 19.9 Å². The van der Waals surface area contributed by atoms with Crippen LogP contribution in [0.3, 0.4) is 0 Å².